The van der Waals surface area contributed by atoms with Crippen molar-refractivity contribution in [1.29, 1.82) is 0 Å². The molecule has 0 amide bonds. The molecule has 0 rings (SSSR count). The van der Waals surface area contributed by atoms with Crippen LogP contribution in [0, 0.1) is 5.41 Å². The fraction of sp³-hybridized carbons (Fsp3) is 0.750. The quantitative estimate of drug-likeness (QED) is 0.522. The van der Waals surface area contributed by atoms with Crippen molar-refractivity contribution in [3.63, 3.8) is 0 Å². The molecule has 0 radical (unpaired) electrons. The van der Waals surface area contributed by atoms with Crippen LogP contribution in [0.2, 0.25) is 0 Å². The van der Waals surface area contributed by atoms with E-state index in [2.05, 4.69) is 6.58 Å². The van der Waals surface area contributed by atoms with Gasteiger partial charge in [-0.2, -0.15) is 0 Å². The molecule has 1 atom stereocenters. The molecule has 0 saturated carbocycles. The molecule has 1 N–H and O–H groups in total. The maximum atomic E-state index is 11.5. The lowest BCUT2D eigenvalue weighted by molar-refractivity contribution is -0.154. The van der Waals surface area contributed by atoms with Crippen molar-refractivity contribution in [3.8, 4) is 0 Å². The number of carbonyl (C=O) groups excluding carboxylic acids is 1. The Balaban J connectivity index is 4.02. The molecule has 0 aliphatic heterocycles. The monoisotopic (exact) mass is 214 g/mol. The summed E-state index contributed by atoms with van der Waals surface area (Å²) in [6.45, 7) is 9.43. The van der Waals surface area contributed by atoms with E-state index in [1.807, 2.05) is 13.8 Å². The molecule has 0 aromatic rings. The lowest BCUT2D eigenvalue weighted by Gasteiger charge is -2.23. The van der Waals surface area contributed by atoms with Crippen LogP contribution in [0.25, 0.3) is 0 Å². The number of ether oxygens (including phenoxy) is 1. The second kappa shape index (κ2) is 6.62. The molecule has 0 saturated heterocycles. The highest BCUT2D eigenvalue weighted by molar-refractivity contribution is 5.75. The Bertz CT molecular complexity index is 209. The minimum absolute atomic E-state index is 0.198. The third-order valence-corrected chi connectivity index (χ3v) is 2.37. The van der Waals surface area contributed by atoms with Crippen LogP contribution >= 0.6 is 0 Å². The van der Waals surface area contributed by atoms with Gasteiger partial charge in [0.15, 0.2) is 0 Å². The van der Waals surface area contributed by atoms with Gasteiger partial charge in [-0.25, -0.2) is 0 Å². The van der Waals surface area contributed by atoms with Crippen LogP contribution in [0.3, 0.4) is 0 Å². The van der Waals surface area contributed by atoms with Gasteiger partial charge in [0, 0.05) is 0 Å². The molecule has 3 nitrogen and oxygen atoms in total. The zero-order valence-electron chi connectivity index (χ0n) is 9.95. The molecule has 0 spiro atoms. The summed E-state index contributed by atoms with van der Waals surface area (Å²) in [4.78, 5) is 11.5. The normalized spacial score (nSPS) is 13.3. The number of rotatable bonds is 7. The van der Waals surface area contributed by atoms with E-state index in [0.29, 0.717) is 25.9 Å². The lowest BCUT2D eigenvalue weighted by Crippen LogP contribution is -2.28. The average molecular weight is 214 g/mol. The van der Waals surface area contributed by atoms with E-state index in [-0.39, 0.29) is 5.97 Å². The summed E-state index contributed by atoms with van der Waals surface area (Å²) < 4.78 is 4.96. The Morgan fingerprint density at radius 3 is 2.67 bits per heavy atom. The second-order valence-electron chi connectivity index (χ2n) is 4.32. The molecule has 0 fully saturated rings. The Kier molecular flexibility index (Phi) is 6.25. The maximum absolute atomic E-state index is 11.5. The fourth-order valence-corrected chi connectivity index (χ4v) is 1.27. The molecule has 0 aromatic heterocycles. The summed E-state index contributed by atoms with van der Waals surface area (Å²) in [6, 6.07) is 0. The molecule has 3 heteroatoms. The highest BCUT2D eigenvalue weighted by Gasteiger charge is 2.29. The van der Waals surface area contributed by atoms with Gasteiger partial charge < -0.3 is 9.84 Å². The largest absolute Gasteiger partial charge is 0.466 e. The van der Waals surface area contributed by atoms with Crippen molar-refractivity contribution in [2.24, 2.45) is 5.41 Å². The van der Waals surface area contributed by atoms with Crippen LogP contribution in [0.5, 0.6) is 0 Å². The van der Waals surface area contributed by atoms with E-state index < -0.39 is 11.5 Å². The van der Waals surface area contributed by atoms with Gasteiger partial charge in [0.1, 0.15) is 0 Å². The molecule has 15 heavy (non-hydrogen) atoms. The van der Waals surface area contributed by atoms with E-state index in [1.54, 1.807) is 13.0 Å². The smallest absolute Gasteiger partial charge is 0.311 e. The van der Waals surface area contributed by atoms with Crippen LogP contribution in [0.4, 0.5) is 0 Å². The Labute approximate surface area is 92.1 Å². The van der Waals surface area contributed by atoms with Gasteiger partial charge >= 0.3 is 5.97 Å². The minimum atomic E-state index is -0.516. The topological polar surface area (TPSA) is 46.5 Å². The van der Waals surface area contributed by atoms with Gasteiger partial charge in [0.25, 0.3) is 0 Å². The van der Waals surface area contributed by atoms with E-state index in [4.69, 9.17) is 4.74 Å². The minimum Gasteiger partial charge on any atom is -0.466 e. The third kappa shape index (κ3) is 5.57. The van der Waals surface area contributed by atoms with Crippen LogP contribution in [-0.4, -0.2) is 23.8 Å². The van der Waals surface area contributed by atoms with E-state index >= 15 is 0 Å². The number of hydrogen-bond acceptors (Lipinski definition) is 3. The van der Waals surface area contributed by atoms with Crippen molar-refractivity contribution < 1.29 is 14.6 Å². The molecule has 0 bridgehead atoms. The second-order valence-corrected chi connectivity index (χ2v) is 4.32. The Hall–Kier alpha value is -0.830. The highest BCUT2D eigenvalue weighted by atomic mass is 16.5. The fourth-order valence-electron chi connectivity index (χ4n) is 1.27. The van der Waals surface area contributed by atoms with Crippen molar-refractivity contribution in [1.82, 2.24) is 0 Å². The van der Waals surface area contributed by atoms with Gasteiger partial charge in [0.05, 0.1) is 18.1 Å². The van der Waals surface area contributed by atoms with Gasteiger partial charge in [-0.1, -0.05) is 6.08 Å². The number of aliphatic hydroxyl groups excluding tert-OH is 1. The van der Waals surface area contributed by atoms with Gasteiger partial charge in [-0.05, 0) is 40.0 Å². The summed E-state index contributed by atoms with van der Waals surface area (Å²) in [5, 5.41) is 9.50. The van der Waals surface area contributed by atoms with Gasteiger partial charge in [-0.3, -0.25) is 4.79 Å². The maximum Gasteiger partial charge on any atom is 0.311 e. The molecule has 0 aliphatic rings. The zero-order valence-corrected chi connectivity index (χ0v) is 9.95. The Morgan fingerprint density at radius 1 is 1.60 bits per heavy atom. The molecular formula is C12H22O3. The molecule has 1 unspecified atom stereocenters. The van der Waals surface area contributed by atoms with Crippen molar-refractivity contribution in [2.45, 2.75) is 46.1 Å². The zero-order chi connectivity index (χ0) is 11.9. The average Bonchev–Trinajstić information content (AvgIpc) is 2.16. The molecule has 0 aliphatic carbocycles. The molecule has 0 heterocycles. The SMILES string of the molecule is C=CCC(O)CCC(C)(C)C(=O)OCC. The van der Waals surface area contributed by atoms with Crippen molar-refractivity contribution in [3.05, 3.63) is 12.7 Å². The summed E-state index contributed by atoms with van der Waals surface area (Å²) in [5.41, 5.74) is -0.516. The molecule has 0 aromatic carbocycles. The van der Waals surface area contributed by atoms with Crippen LogP contribution < -0.4 is 0 Å². The van der Waals surface area contributed by atoms with E-state index in [0.717, 1.165) is 0 Å². The number of esters is 1. The number of aliphatic hydroxyl groups is 1. The third-order valence-electron chi connectivity index (χ3n) is 2.37. The number of hydrogen-bond donors (Lipinski definition) is 1. The molecular weight excluding hydrogens is 192 g/mol. The predicted molar refractivity (Wildman–Crippen MR) is 60.5 cm³/mol. The first-order chi connectivity index (χ1) is 6.94. The first-order valence-corrected chi connectivity index (χ1v) is 5.40. The van der Waals surface area contributed by atoms with E-state index in [9.17, 15) is 9.90 Å². The van der Waals surface area contributed by atoms with Crippen molar-refractivity contribution >= 4 is 5.97 Å². The first kappa shape index (κ1) is 14.2. The summed E-state index contributed by atoms with van der Waals surface area (Å²) in [6.07, 6.45) is 3.07. The lowest BCUT2D eigenvalue weighted by atomic mass is 9.86. The van der Waals surface area contributed by atoms with E-state index in [1.165, 1.54) is 0 Å². The van der Waals surface area contributed by atoms with Gasteiger partial charge in [-0.15, -0.1) is 6.58 Å². The highest BCUT2D eigenvalue weighted by Crippen LogP contribution is 2.25. The standard InChI is InChI=1S/C12H22O3/c1-5-7-10(13)8-9-12(3,4)11(14)15-6-2/h5,10,13H,1,6-9H2,2-4H3. The number of carbonyl (C=O) groups is 1. The van der Waals surface area contributed by atoms with Crippen molar-refractivity contribution in [2.75, 3.05) is 6.61 Å². The predicted octanol–water partition coefficient (Wildman–Crippen LogP) is 2.29. The summed E-state index contributed by atoms with van der Waals surface area (Å²) in [7, 11) is 0. The molecule has 88 valence electrons. The van der Waals surface area contributed by atoms with Crippen LogP contribution in [-0.2, 0) is 9.53 Å². The first-order valence-electron chi connectivity index (χ1n) is 5.40. The van der Waals surface area contributed by atoms with Crippen LogP contribution in [0.1, 0.15) is 40.0 Å². The summed E-state index contributed by atoms with van der Waals surface area (Å²) >= 11 is 0. The summed E-state index contributed by atoms with van der Waals surface area (Å²) in [5.74, 6) is -0.198. The van der Waals surface area contributed by atoms with Gasteiger partial charge in [0.2, 0.25) is 0 Å². The Morgan fingerprint density at radius 2 is 2.20 bits per heavy atom. The van der Waals surface area contributed by atoms with Crippen LogP contribution in [0.15, 0.2) is 12.7 Å².